The highest BCUT2D eigenvalue weighted by atomic mass is 15.1. The molecular weight excluding hydrogens is 617 g/mol. The van der Waals surface area contributed by atoms with Gasteiger partial charge >= 0.3 is 0 Å². The number of para-hydroxylation sites is 2. The van der Waals surface area contributed by atoms with Crippen LogP contribution in [0.4, 0.5) is 0 Å². The van der Waals surface area contributed by atoms with Crippen LogP contribution in [-0.2, 0) is 0 Å². The maximum absolute atomic E-state index is 5.22. The fraction of sp³-hybridized carbons (Fsp3) is 0.204. The van der Waals surface area contributed by atoms with Gasteiger partial charge in [-0.25, -0.2) is 4.98 Å². The predicted octanol–water partition coefficient (Wildman–Crippen LogP) is 13.1. The van der Waals surface area contributed by atoms with Crippen LogP contribution in [0, 0.1) is 5.92 Å². The van der Waals surface area contributed by atoms with Crippen LogP contribution < -0.4 is 0 Å². The third kappa shape index (κ3) is 6.84. The fourth-order valence-corrected chi connectivity index (χ4v) is 7.71. The molecule has 2 heterocycles. The third-order valence-electron chi connectivity index (χ3n) is 10.8. The van der Waals surface area contributed by atoms with Gasteiger partial charge in [0.1, 0.15) is 5.82 Å². The summed E-state index contributed by atoms with van der Waals surface area (Å²) in [4.78, 5) is 5.22. The zero-order valence-corrected chi connectivity index (χ0v) is 30.4. The second-order valence-electron chi connectivity index (χ2n) is 14.1. The van der Waals surface area contributed by atoms with Gasteiger partial charge in [0.2, 0.25) is 0 Å². The van der Waals surface area contributed by atoms with Gasteiger partial charge in [0, 0.05) is 17.5 Å². The van der Waals surface area contributed by atoms with Gasteiger partial charge in [0.05, 0.1) is 11.0 Å². The van der Waals surface area contributed by atoms with Crippen molar-refractivity contribution in [2.45, 2.75) is 58.8 Å². The van der Waals surface area contributed by atoms with E-state index in [0.717, 1.165) is 47.3 Å². The minimum absolute atomic E-state index is 0.127. The molecule has 2 nitrogen and oxygen atoms in total. The zero-order valence-electron chi connectivity index (χ0n) is 30.4. The fourth-order valence-electron chi connectivity index (χ4n) is 7.71. The quantitative estimate of drug-likeness (QED) is 0.219. The Morgan fingerprint density at radius 3 is 2.41 bits per heavy atom. The lowest BCUT2D eigenvalue weighted by molar-refractivity contribution is 0.603. The topological polar surface area (TPSA) is 17.8 Å². The summed E-state index contributed by atoms with van der Waals surface area (Å²) in [6, 6.07) is 15.5. The van der Waals surface area contributed by atoms with Crippen molar-refractivity contribution >= 4 is 28.4 Å². The lowest BCUT2D eigenvalue weighted by Crippen LogP contribution is -2.26. The van der Waals surface area contributed by atoms with E-state index in [0.29, 0.717) is 5.92 Å². The second kappa shape index (κ2) is 14.8. The van der Waals surface area contributed by atoms with Crippen molar-refractivity contribution in [1.82, 2.24) is 9.55 Å². The third-order valence-corrected chi connectivity index (χ3v) is 10.8. The highest BCUT2D eigenvalue weighted by Crippen LogP contribution is 2.49. The van der Waals surface area contributed by atoms with Crippen LogP contribution in [-0.4, -0.2) is 9.55 Å². The number of allylic oxidation sites excluding steroid dienone is 23. The Labute approximate surface area is 304 Å². The van der Waals surface area contributed by atoms with Crippen molar-refractivity contribution in [3.63, 3.8) is 0 Å². The summed E-state index contributed by atoms with van der Waals surface area (Å²) < 4.78 is 2.38. The number of imidazole rings is 1. The second-order valence-corrected chi connectivity index (χ2v) is 14.1. The van der Waals surface area contributed by atoms with E-state index < -0.39 is 0 Å². The number of fused-ring (bicyclic) bond motifs is 6. The molecular formula is C49H48N2. The van der Waals surface area contributed by atoms with Crippen LogP contribution in [0.25, 0.3) is 28.4 Å². The first kappa shape index (κ1) is 34.0. The first-order valence-electron chi connectivity index (χ1n) is 18.4. The van der Waals surface area contributed by atoms with Crippen molar-refractivity contribution in [3.05, 3.63) is 203 Å². The molecule has 51 heavy (non-hydrogen) atoms. The van der Waals surface area contributed by atoms with E-state index in [4.69, 9.17) is 4.98 Å². The van der Waals surface area contributed by atoms with Gasteiger partial charge < -0.3 is 0 Å². The lowest BCUT2D eigenvalue weighted by Gasteiger charge is -2.36. The molecule has 254 valence electrons. The molecule has 2 unspecified atom stereocenters. The number of rotatable bonds is 8. The van der Waals surface area contributed by atoms with Gasteiger partial charge in [0.25, 0.3) is 0 Å². The highest BCUT2D eigenvalue weighted by molar-refractivity contribution is 5.87. The van der Waals surface area contributed by atoms with Crippen molar-refractivity contribution in [2.75, 3.05) is 0 Å². The molecule has 0 saturated heterocycles. The molecule has 1 aliphatic heterocycles. The molecule has 4 aliphatic rings. The Bertz CT molecular complexity index is 2250. The van der Waals surface area contributed by atoms with Gasteiger partial charge in [0.15, 0.2) is 0 Å². The molecule has 0 fully saturated rings. The van der Waals surface area contributed by atoms with Gasteiger partial charge in [-0.1, -0.05) is 147 Å². The van der Waals surface area contributed by atoms with E-state index in [1.807, 2.05) is 0 Å². The number of nitrogens with zero attached hydrogens (tertiary/aromatic N) is 2. The molecule has 0 saturated carbocycles. The summed E-state index contributed by atoms with van der Waals surface area (Å²) in [6.45, 7) is 17.6. The molecule has 7 rings (SSSR count). The van der Waals surface area contributed by atoms with Gasteiger partial charge in [-0.3, -0.25) is 4.57 Å². The number of hydrogen-bond acceptors (Lipinski definition) is 1. The van der Waals surface area contributed by atoms with E-state index in [1.165, 1.54) is 50.3 Å². The van der Waals surface area contributed by atoms with Crippen LogP contribution in [0.3, 0.4) is 0 Å². The minimum atomic E-state index is 0.127. The Hall–Kier alpha value is -5.47. The number of benzene rings is 2. The molecule has 0 N–H and O–H groups in total. The molecule has 3 aromatic rings. The van der Waals surface area contributed by atoms with Crippen LogP contribution in [0.5, 0.6) is 0 Å². The Morgan fingerprint density at radius 2 is 1.65 bits per heavy atom. The summed E-state index contributed by atoms with van der Waals surface area (Å²) in [5.74, 6) is 1.89. The largest absolute Gasteiger partial charge is 0.296 e. The van der Waals surface area contributed by atoms with Gasteiger partial charge in [-0.15, -0.1) is 0 Å². The first-order chi connectivity index (χ1) is 24.9. The van der Waals surface area contributed by atoms with Crippen LogP contribution in [0.15, 0.2) is 180 Å². The molecule has 3 aliphatic carbocycles. The van der Waals surface area contributed by atoms with Crippen LogP contribution in [0.2, 0.25) is 0 Å². The summed E-state index contributed by atoms with van der Waals surface area (Å²) in [5, 5.41) is 0. The van der Waals surface area contributed by atoms with Crippen molar-refractivity contribution in [2.24, 2.45) is 5.92 Å². The highest BCUT2D eigenvalue weighted by Gasteiger charge is 2.37. The average Bonchev–Trinajstić information content (AvgIpc) is 3.55. The zero-order chi connectivity index (χ0) is 35.5. The smallest absolute Gasteiger partial charge is 0.122 e. The lowest BCUT2D eigenvalue weighted by atomic mass is 9.74. The molecule has 0 bridgehead atoms. The van der Waals surface area contributed by atoms with Crippen molar-refractivity contribution in [3.8, 4) is 0 Å². The molecule has 1 aromatic heterocycles. The van der Waals surface area contributed by atoms with Crippen molar-refractivity contribution in [1.29, 1.82) is 0 Å². The van der Waals surface area contributed by atoms with Crippen molar-refractivity contribution < 1.29 is 0 Å². The molecule has 3 atom stereocenters. The summed E-state index contributed by atoms with van der Waals surface area (Å²) in [5.41, 5.74) is 15.9. The van der Waals surface area contributed by atoms with E-state index in [1.54, 1.807) is 0 Å². The average molecular weight is 665 g/mol. The van der Waals surface area contributed by atoms with Gasteiger partial charge in [-0.2, -0.15) is 0 Å². The van der Waals surface area contributed by atoms with E-state index in [2.05, 4.69) is 185 Å². The normalized spacial score (nSPS) is 23.2. The maximum atomic E-state index is 5.22. The summed E-state index contributed by atoms with van der Waals surface area (Å²) in [7, 11) is 0. The Morgan fingerprint density at radius 1 is 0.882 bits per heavy atom. The molecule has 0 amide bonds. The summed E-state index contributed by atoms with van der Waals surface area (Å²) in [6.07, 6.45) is 38.3. The minimum Gasteiger partial charge on any atom is -0.296 e. The first-order valence-corrected chi connectivity index (χ1v) is 18.4. The molecule has 0 spiro atoms. The SMILES string of the molecule is C=C(/C=C1\C(=C/C)n2c(nc3ccccc32)C2C=CC(c3ccc4c(c3)[C@H](C)CC=C4)=CC12)C1=CC=C(C(=C)/C=C/C=C\C=C/C(C)=C/C)CC1. The standard InChI is InChI=1S/C49H48N2/c1-7-33(3)16-11-9-10-12-17-34(4)37-22-24-38(25-23-37)36(6)30-45-44-32-41(40-27-26-39-19-15-18-35(5)43(39)31-40)28-29-42(44)49-50-46-20-13-14-21-48(46)51(49)47(45)8-2/h7-17,19-22,24,26-32,35,42,44H,4,6,18,23,25H2,1-3,5H3/b10-9-,16-11-,17-12+,33-7+,45-30-,47-8+/t35-,42?,44?/m1/s1. The molecule has 0 radical (unpaired) electrons. The van der Waals surface area contributed by atoms with E-state index >= 15 is 0 Å². The van der Waals surface area contributed by atoms with E-state index in [-0.39, 0.29) is 11.8 Å². The van der Waals surface area contributed by atoms with Crippen LogP contribution in [0.1, 0.15) is 81.3 Å². The predicted molar refractivity (Wildman–Crippen MR) is 220 cm³/mol. The number of hydrogen-bond donors (Lipinski definition) is 0. The van der Waals surface area contributed by atoms with Crippen LogP contribution >= 0.6 is 0 Å². The Kier molecular flexibility index (Phi) is 9.86. The summed E-state index contributed by atoms with van der Waals surface area (Å²) >= 11 is 0. The van der Waals surface area contributed by atoms with Gasteiger partial charge in [-0.05, 0) is 114 Å². The maximum Gasteiger partial charge on any atom is 0.122 e. The monoisotopic (exact) mass is 664 g/mol. The van der Waals surface area contributed by atoms with E-state index in [9.17, 15) is 0 Å². The Balaban J connectivity index is 1.21. The molecule has 2 aromatic carbocycles. The molecule has 2 heteroatoms. The number of aromatic nitrogens is 2.